The predicted octanol–water partition coefficient (Wildman–Crippen LogP) is 2.73. The maximum atomic E-state index is 11.4. The summed E-state index contributed by atoms with van der Waals surface area (Å²) in [7, 11) is 0. The molecule has 0 aliphatic carbocycles. The van der Waals surface area contributed by atoms with E-state index < -0.39 is 5.97 Å². The van der Waals surface area contributed by atoms with Crippen LogP contribution in [-0.4, -0.2) is 40.8 Å². The van der Waals surface area contributed by atoms with Gasteiger partial charge in [-0.15, -0.1) is 0 Å². The van der Waals surface area contributed by atoms with Gasteiger partial charge in [0.15, 0.2) is 0 Å². The molecule has 2 rings (SSSR count). The highest BCUT2D eigenvalue weighted by molar-refractivity contribution is 5.95. The van der Waals surface area contributed by atoms with Gasteiger partial charge in [-0.05, 0) is 19.0 Å². The zero-order chi connectivity index (χ0) is 15.2. The van der Waals surface area contributed by atoms with E-state index in [4.69, 9.17) is 4.42 Å². The van der Waals surface area contributed by atoms with Crippen molar-refractivity contribution < 1.29 is 19.4 Å². The number of nitrogens with zero attached hydrogens (tertiary/aromatic N) is 1. The molecule has 0 radical (unpaired) electrons. The van der Waals surface area contributed by atoms with Crippen molar-refractivity contribution in [2.75, 3.05) is 19.7 Å². The number of aromatic carboxylic acids is 1. The number of para-hydroxylation sites is 1. The van der Waals surface area contributed by atoms with Crippen molar-refractivity contribution in [3.8, 4) is 0 Å². The van der Waals surface area contributed by atoms with Gasteiger partial charge in [0.05, 0.1) is 6.61 Å². The zero-order valence-corrected chi connectivity index (χ0v) is 12.2. The van der Waals surface area contributed by atoms with Crippen LogP contribution in [0.2, 0.25) is 0 Å². The Balaban J connectivity index is 2.33. The van der Waals surface area contributed by atoms with Gasteiger partial charge < -0.3 is 14.6 Å². The Morgan fingerprint density at radius 3 is 2.71 bits per heavy atom. The molecule has 5 heteroatoms. The van der Waals surface area contributed by atoms with E-state index in [0.717, 1.165) is 24.8 Å². The van der Waals surface area contributed by atoms with Crippen molar-refractivity contribution >= 4 is 16.9 Å². The molecule has 0 spiro atoms. The van der Waals surface area contributed by atoms with E-state index in [0.29, 0.717) is 24.2 Å². The molecule has 0 atom stereocenters. The summed E-state index contributed by atoms with van der Waals surface area (Å²) >= 11 is 0. The summed E-state index contributed by atoms with van der Waals surface area (Å²) in [4.78, 5) is 13.4. The van der Waals surface area contributed by atoms with Crippen molar-refractivity contribution in [1.29, 1.82) is 0 Å². The van der Waals surface area contributed by atoms with Crippen LogP contribution in [0.5, 0.6) is 0 Å². The Hall–Kier alpha value is -1.85. The number of aliphatic hydroxyl groups excluding tert-OH is 1. The number of furan rings is 1. The first-order chi connectivity index (χ1) is 10.2. The molecule has 21 heavy (non-hydrogen) atoms. The highest BCUT2D eigenvalue weighted by Crippen LogP contribution is 2.27. The van der Waals surface area contributed by atoms with Gasteiger partial charge >= 0.3 is 5.97 Å². The second-order valence-electron chi connectivity index (χ2n) is 5.06. The molecule has 0 unspecified atom stereocenters. The highest BCUT2D eigenvalue weighted by Gasteiger charge is 2.21. The van der Waals surface area contributed by atoms with Gasteiger partial charge in [0.2, 0.25) is 5.76 Å². The second kappa shape index (κ2) is 7.24. The Bertz CT molecular complexity index is 605. The highest BCUT2D eigenvalue weighted by atomic mass is 16.4. The largest absolute Gasteiger partial charge is 0.475 e. The third-order valence-electron chi connectivity index (χ3n) is 3.52. The first kappa shape index (κ1) is 15.5. The Labute approximate surface area is 123 Å². The minimum Gasteiger partial charge on any atom is -0.475 e. The van der Waals surface area contributed by atoms with E-state index in [1.807, 2.05) is 18.2 Å². The number of carboxylic acid groups (broad SMARTS) is 1. The standard InChI is InChI=1S/C16H21NO4/c1-2-3-8-17(9-10-18)11-13-12-6-4-5-7-14(12)21-15(13)16(19)20/h4-7,18H,2-3,8-11H2,1H3,(H,19,20). The molecule has 0 fully saturated rings. The van der Waals surface area contributed by atoms with Gasteiger partial charge in [0.25, 0.3) is 0 Å². The molecule has 2 N–H and O–H groups in total. The lowest BCUT2D eigenvalue weighted by atomic mass is 10.1. The first-order valence-corrected chi connectivity index (χ1v) is 7.24. The maximum absolute atomic E-state index is 11.4. The summed E-state index contributed by atoms with van der Waals surface area (Å²) in [5.74, 6) is -1.06. The van der Waals surface area contributed by atoms with Crippen LogP contribution in [0.25, 0.3) is 11.0 Å². The molecule has 1 aromatic carbocycles. The summed E-state index contributed by atoms with van der Waals surface area (Å²) in [5, 5.41) is 19.3. The Morgan fingerprint density at radius 1 is 1.29 bits per heavy atom. The van der Waals surface area contributed by atoms with Crippen LogP contribution in [-0.2, 0) is 6.54 Å². The van der Waals surface area contributed by atoms with Gasteiger partial charge in [-0.1, -0.05) is 31.5 Å². The van der Waals surface area contributed by atoms with Crippen LogP contribution in [0.4, 0.5) is 0 Å². The Morgan fingerprint density at radius 2 is 2.05 bits per heavy atom. The van der Waals surface area contributed by atoms with Gasteiger partial charge in [-0.3, -0.25) is 4.90 Å². The number of benzene rings is 1. The molecule has 1 aromatic heterocycles. The summed E-state index contributed by atoms with van der Waals surface area (Å²) < 4.78 is 5.46. The molecule has 0 amide bonds. The first-order valence-electron chi connectivity index (χ1n) is 7.24. The summed E-state index contributed by atoms with van der Waals surface area (Å²) in [6, 6.07) is 7.34. The van der Waals surface area contributed by atoms with Crippen molar-refractivity contribution in [1.82, 2.24) is 4.90 Å². The molecule has 0 aliphatic heterocycles. The number of rotatable bonds is 8. The molecular weight excluding hydrogens is 270 g/mol. The molecular formula is C16H21NO4. The fourth-order valence-electron chi connectivity index (χ4n) is 2.45. The Kier molecular flexibility index (Phi) is 5.36. The van der Waals surface area contributed by atoms with Gasteiger partial charge in [-0.2, -0.15) is 0 Å². The molecule has 2 aromatic rings. The number of hydrogen-bond donors (Lipinski definition) is 2. The molecule has 1 heterocycles. The quantitative estimate of drug-likeness (QED) is 0.782. The monoisotopic (exact) mass is 291 g/mol. The molecule has 0 bridgehead atoms. The lowest BCUT2D eigenvalue weighted by Gasteiger charge is -2.20. The minimum atomic E-state index is -1.05. The SMILES string of the molecule is CCCCN(CCO)Cc1c(C(=O)O)oc2ccccc12. The number of carbonyl (C=O) groups is 1. The summed E-state index contributed by atoms with van der Waals surface area (Å²) in [5.41, 5.74) is 1.27. The average Bonchev–Trinajstić information content (AvgIpc) is 2.84. The number of aliphatic hydroxyl groups is 1. The smallest absolute Gasteiger partial charge is 0.372 e. The summed E-state index contributed by atoms with van der Waals surface area (Å²) in [6.45, 7) is 3.99. The number of fused-ring (bicyclic) bond motifs is 1. The molecule has 0 aliphatic rings. The van der Waals surface area contributed by atoms with Crippen LogP contribution >= 0.6 is 0 Å². The van der Waals surface area contributed by atoms with Crippen LogP contribution in [0.1, 0.15) is 35.9 Å². The number of unbranched alkanes of at least 4 members (excludes halogenated alkanes) is 1. The van der Waals surface area contributed by atoms with Crippen LogP contribution in [0, 0.1) is 0 Å². The predicted molar refractivity (Wildman–Crippen MR) is 80.4 cm³/mol. The van der Waals surface area contributed by atoms with E-state index in [1.165, 1.54) is 0 Å². The van der Waals surface area contributed by atoms with E-state index in [1.54, 1.807) is 6.07 Å². The van der Waals surface area contributed by atoms with Crippen molar-refractivity contribution in [3.63, 3.8) is 0 Å². The maximum Gasteiger partial charge on any atom is 0.372 e. The second-order valence-corrected chi connectivity index (χ2v) is 5.06. The molecule has 0 saturated heterocycles. The van der Waals surface area contributed by atoms with Crippen LogP contribution in [0.15, 0.2) is 28.7 Å². The van der Waals surface area contributed by atoms with Crippen molar-refractivity contribution in [2.45, 2.75) is 26.3 Å². The third kappa shape index (κ3) is 3.62. The fourth-order valence-corrected chi connectivity index (χ4v) is 2.45. The van der Waals surface area contributed by atoms with Crippen LogP contribution < -0.4 is 0 Å². The van der Waals surface area contributed by atoms with Gasteiger partial charge in [0.1, 0.15) is 5.58 Å². The normalized spacial score (nSPS) is 11.4. The zero-order valence-electron chi connectivity index (χ0n) is 12.2. The summed E-state index contributed by atoms with van der Waals surface area (Å²) in [6.07, 6.45) is 2.07. The van der Waals surface area contributed by atoms with Gasteiger partial charge in [-0.25, -0.2) is 4.79 Å². The van der Waals surface area contributed by atoms with Crippen LogP contribution in [0.3, 0.4) is 0 Å². The van der Waals surface area contributed by atoms with Crippen molar-refractivity contribution in [3.05, 3.63) is 35.6 Å². The lowest BCUT2D eigenvalue weighted by molar-refractivity contribution is 0.0661. The van der Waals surface area contributed by atoms with E-state index >= 15 is 0 Å². The molecule has 5 nitrogen and oxygen atoms in total. The topological polar surface area (TPSA) is 73.9 Å². The van der Waals surface area contributed by atoms with E-state index in [2.05, 4.69) is 11.8 Å². The average molecular weight is 291 g/mol. The van der Waals surface area contributed by atoms with E-state index in [9.17, 15) is 15.0 Å². The lowest BCUT2D eigenvalue weighted by Crippen LogP contribution is -2.28. The number of carboxylic acids is 1. The molecule has 0 saturated carbocycles. The fraction of sp³-hybridized carbons (Fsp3) is 0.438. The molecule has 114 valence electrons. The minimum absolute atomic E-state index is 0.00404. The van der Waals surface area contributed by atoms with Gasteiger partial charge in [0, 0.05) is 24.0 Å². The van der Waals surface area contributed by atoms with E-state index in [-0.39, 0.29) is 12.4 Å². The number of hydrogen-bond acceptors (Lipinski definition) is 4. The van der Waals surface area contributed by atoms with Crippen molar-refractivity contribution in [2.24, 2.45) is 0 Å². The third-order valence-corrected chi connectivity index (χ3v) is 3.52.